The Morgan fingerprint density at radius 1 is 1.29 bits per heavy atom. The van der Waals surface area contributed by atoms with E-state index >= 15 is 0 Å². The molecule has 0 aromatic rings. The van der Waals surface area contributed by atoms with E-state index in [1.807, 2.05) is 11.8 Å². The van der Waals surface area contributed by atoms with Gasteiger partial charge in [-0.2, -0.15) is 0 Å². The Hall–Kier alpha value is -1.14. The number of hydrogen-bond acceptors (Lipinski definition) is 4. The quantitative estimate of drug-likeness (QED) is 0.702. The number of carboxylic acid groups (broad SMARTS) is 1. The summed E-state index contributed by atoms with van der Waals surface area (Å²) in [4.78, 5) is 24.6. The van der Waals surface area contributed by atoms with Gasteiger partial charge in [0.2, 0.25) is 5.91 Å². The van der Waals surface area contributed by atoms with E-state index in [2.05, 4.69) is 19.2 Å². The Kier molecular flexibility index (Phi) is 7.11. The third-order valence-electron chi connectivity index (χ3n) is 3.96. The van der Waals surface area contributed by atoms with E-state index in [0.717, 1.165) is 6.42 Å². The highest BCUT2D eigenvalue weighted by molar-refractivity contribution is 5.81. The van der Waals surface area contributed by atoms with Gasteiger partial charge in [-0.1, -0.05) is 13.8 Å². The van der Waals surface area contributed by atoms with Gasteiger partial charge in [-0.25, -0.2) is 0 Å². The van der Waals surface area contributed by atoms with Gasteiger partial charge < -0.3 is 20.1 Å². The molecule has 1 heterocycles. The summed E-state index contributed by atoms with van der Waals surface area (Å²) in [6.07, 6.45) is 1.69. The van der Waals surface area contributed by atoms with Crippen molar-refractivity contribution in [3.63, 3.8) is 0 Å². The minimum absolute atomic E-state index is 0.0346. The summed E-state index contributed by atoms with van der Waals surface area (Å²) in [6, 6.07) is -0.210. The zero-order chi connectivity index (χ0) is 15.9. The molecule has 0 bridgehead atoms. The monoisotopic (exact) mass is 300 g/mol. The van der Waals surface area contributed by atoms with E-state index < -0.39 is 5.97 Å². The van der Waals surface area contributed by atoms with Crippen LogP contribution in [0.1, 0.15) is 40.0 Å². The van der Waals surface area contributed by atoms with Crippen molar-refractivity contribution in [2.75, 3.05) is 32.8 Å². The Bertz CT molecular complexity index is 352. The Morgan fingerprint density at radius 3 is 2.48 bits per heavy atom. The van der Waals surface area contributed by atoms with Crippen molar-refractivity contribution in [2.24, 2.45) is 5.41 Å². The van der Waals surface area contributed by atoms with Crippen LogP contribution < -0.4 is 5.32 Å². The molecule has 0 radical (unpaired) electrons. The maximum absolute atomic E-state index is 12.2. The molecule has 122 valence electrons. The molecule has 1 aliphatic heterocycles. The fourth-order valence-corrected chi connectivity index (χ4v) is 2.34. The molecule has 1 aliphatic rings. The minimum Gasteiger partial charge on any atom is -0.481 e. The van der Waals surface area contributed by atoms with Crippen LogP contribution in [0.2, 0.25) is 0 Å². The topological polar surface area (TPSA) is 78.9 Å². The molecule has 1 saturated heterocycles. The maximum atomic E-state index is 12.2. The SMILES string of the molecule is CC(NCCC(C)(C)CCC(=O)O)C(=O)N1CCOCC1. The summed E-state index contributed by atoms with van der Waals surface area (Å²) in [5.41, 5.74) is -0.0346. The number of nitrogens with one attached hydrogen (secondary N) is 1. The van der Waals surface area contributed by atoms with Crippen molar-refractivity contribution in [2.45, 2.75) is 46.1 Å². The van der Waals surface area contributed by atoms with E-state index in [0.29, 0.717) is 39.3 Å². The summed E-state index contributed by atoms with van der Waals surface area (Å²) in [5, 5.41) is 12.0. The van der Waals surface area contributed by atoms with E-state index in [4.69, 9.17) is 9.84 Å². The first-order valence-corrected chi connectivity index (χ1v) is 7.63. The zero-order valence-corrected chi connectivity index (χ0v) is 13.4. The molecule has 0 aromatic carbocycles. The smallest absolute Gasteiger partial charge is 0.303 e. The average molecular weight is 300 g/mol. The van der Waals surface area contributed by atoms with Crippen LogP contribution in [0.4, 0.5) is 0 Å². The third kappa shape index (κ3) is 6.91. The first kappa shape index (κ1) is 17.9. The highest BCUT2D eigenvalue weighted by Gasteiger charge is 2.23. The first-order chi connectivity index (χ1) is 9.82. The van der Waals surface area contributed by atoms with E-state index in [1.54, 1.807) is 0 Å². The lowest BCUT2D eigenvalue weighted by molar-refractivity contribution is -0.138. The average Bonchev–Trinajstić information content (AvgIpc) is 2.45. The molecule has 1 fully saturated rings. The first-order valence-electron chi connectivity index (χ1n) is 7.63. The van der Waals surface area contributed by atoms with Gasteiger partial charge in [0.15, 0.2) is 0 Å². The second-order valence-corrected chi connectivity index (χ2v) is 6.42. The summed E-state index contributed by atoms with van der Waals surface area (Å²) in [6.45, 7) is 9.26. The van der Waals surface area contributed by atoms with E-state index in [-0.39, 0.29) is 23.8 Å². The number of morpholine rings is 1. The van der Waals surface area contributed by atoms with E-state index in [1.165, 1.54) is 0 Å². The van der Waals surface area contributed by atoms with Crippen LogP contribution in [-0.4, -0.2) is 60.8 Å². The number of carbonyl (C=O) groups is 2. The normalized spacial score (nSPS) is 17.6. The Labute approximate surface area is 126 Å². The van der Waals surface area contributed by atoms with Gasteiger partial charge in [-0.3, -0.25) is 9.59 Å². The molecule has 0 saturated carbocycles. The van der Waals surface area contributed by atoms with Crippen molar-refractivity contribution in [3.05, 3.63) is 0 Å². The molecule has 0 aromatic heterocycles. The number of rotatable bonds is 8. The molecule has 1 rings (SSSR count). The van der Waals surface area contributed by atoms with Crippen LogP contribution in [0.15, 0.2) is 0 Å². The number of nitrogens with zero attached hydrogens (tertiary/aromatic N) is 1. The molecule has 0 aliphatic carbocycles. The van der Waals surface area contributed by atoms with Crippen LogP contribution in [0.5, 0.6) is 0 Å². The zero-order valence-electron chi connectivity index (χ0n) is 13.4. The standard InChI is InChI=1S/C15H28N2O4/c1-12(14(20)17-8-10-21-11-9-17)16-7-6-15(2,3)5-4-13(18)19/h12,16H,4-11H2,1-3H3,(H,18,19). The van der Waals surface area contributed by atoms with Crippen LogP contribution in [0.25, 0.3) is 0 Å². The lowest BCUT2D eigenvalue weighted by atomic mass is 9.84. The number of aliphatic carboxylic acids is 1. The van der Waals surface area contributed by atoms with Crippen molar-refractivity contribution in [1.29, 1.82) is 0 Å². The van der Waals surface area contributed by atoms with Crippen molar-refractivity contribution < 1.29 is 19.4 Å². The van der Waals surface area contributed by atoms with Crippen LogP contribution in [0, 0.1) is 5.41 Å². The predicted molar refractivity (Wildman–Crippen MR) is 80.1 cm³/mol. The van der Waals surface area contributed by atoms with Crippen molar-refractivity contribution >= 4 is 11.9 Å². The maximum Gasteiger partial charge on any atom is 0.303 e. The molecule has 6 nitrogen and oxygen atoms in total. The van der Waals surface area contributed by atoms with Gasteiger partial charge >= 0.3 is 5.97 Å². The van der Waals surface area contributed by atoms with Crippen LogP contribution in [0.3, 0.4) is 0 Å². The van der Waals surface area contributed by atoms with Gasteiger partial charge in [0.05, 0.1) is 19.3 Å². The van der Waals surface area contributed by atoms with Crippen molar-refractivity contribution in [1.82, 2.24) is 10.2 Å². The molecule has 1 amide bonds. The Morgan fingerprint density at radius 2 is 1.90 bits per heavy atom. The van der Waals surface area contributed by atoms with Gasteiger partial charge in [-0.05, 0) is 31.7 Å². The van der Waals surface area contributed by atoms with Gasteiger partial charge in [0.25, 0.3) is 0 Å². The third-order valence-corrected chi connectivity index (χ3v) is 3.96. The van der Waals surface area contributed by atoms with Crippen LogP contribution >= 0.6 is 0 Å². The Balaban J connectivity index is 2.26. The van der Waals surface area contributed by atoms with E-state index in [9.17, 15) is 9.59 Å². The molecule has 6 heteroatoms. The van der Waals surface area contributed by atoms with Crippen molar-refractivity contribution in [3.8, 4) is 0 Å². The number of hydrogen-bond donors (Lipinski definition) is 2. The molecule has 0 spiro atoms. The largest absolute Gasteiger partial charge is 0.481 e. The van der Waals surface area contributed by atoms with Gasteiger partial charge in [0, 0.05) is 19.5 Å². The van der Waals surface area contributed by atoms with Gasteiger partial charge in [-0.15, -0.1) is 0 Å². The highest BCUT2D eigenvalue weighted by Crippen LogP contribution is 2.26. The number of ether oxygens (including phenoxy) is 1. The number of carboxylic acids is 1. The summed E-state index contributed by atoms with van der Waals surface area (Å²) >= 11 is 0. The molecule has 1 atom stereocenters. The van der Waals surface area contributed by atoms with Crippen LogP contribution in [-0.2, 0) is 14.3 Å². The lowest BCUT2D eigenvalue weighted by Crippen LogP contribution is -2.49. The predicted octanol–water partition coefficient (Wildman–Crippen LogP) is 1.10. The molecule has 21 heavy (non-hydrogen) atoms. The summed E-state index contributed by atoms with van der Waals surface area (Å²) < 4.78 is 5.24. The second kappa shape index (κ2) is 8.34. The number of amides is 1. The molecular formula is C15H28N2O4. The molecule has 2 N–H and O–H groups in total. The highest BCUT2D eigenvalue weighted by atomic mass is 16.5. The fourth-order valence-electron chi connectivity index (χ4n) is 2.34. The minimum atomic E-state index is -0.758. The lowest BCUT2D eigenvalue weighted by Gasteiger charge is -2.30. The molecule has 1 unspecified atom stereocenters. The summed E-state index contributed by atoms with van der Waals surface area (Å²) in [5.74, 6) is -0.645. The van der Waals surface area contributed by atoms with Gasteiger partial charge in [0.1, 0.15) is 0 Å². The molecular weight excluding hydrogens is 272 g/mol. The second-order valence-electron chi connectivity index (χ2n) is 6.42. The fraction of sp³-hybridized carbons (Fsp3) is 0.867. The summed E-state index contributed by atoms with van der Waals surface area (Å²) in [7, 11) is 0. The number of carbonyl (C=O) groups excluding carboxylic acids is 1.